The molecule has 2 N–H and O–H groups in total. The van der Waals surface area contributed by atoms with E-state index >= 15 is 0 Å². The van der Waals surface area contributed by atoms with E-state index in [1.54, 1.807) is 0 Å². The van der Waals surface area contributed by atoms with Crippen molar-refractivity contribution >= 4 is 39.2 Å². The van der Waals surface area contributed by atoms with Crippen LogP contribution in [0.2, 0.25) is 5.02 Å². The molecule has 0 saturated carbocycles. The van der Waals surface area contributed by atoms with Crippen molar-refractivity contribution in [2.45, 2.75) is 50.4 Å². The maximum absolute atomic E-state index is 13.8. The minimum Gasteiger partial charge on any atom is -0.371 e. The van der Waals surface area contributed by atoms with Gasteiger partial charge in [-0.1, -0.05) is 39.7 Å². The lowest BCUT2D eigenvalue weighted by molar-refractivity contribution is 0.566. The Kier molecular flexibility index (Phi) is 7.02. The van der Waals surface area contributed by atoms with Crippen LogP contribution < -0.4 is 10.6 Å². The Balaban J connectivity index is 0.000000139. The van der Waals surface area contributed by atoms with Crippen molar-refractivity contribution in [1.82, 2.24) is 10.6 Å². The molecule has 0 fully saturated rings. The summed E-state index contributed by atoms with van der Waals surface area (Å²) in [5.74, 6) is 2.75. The fraction of sp³-hybridized carbons (Fsp3) is 0.462. The summed E-state index contributed by atoms with van der Waals surface area (Å²) < 4.78 is 15.1. The van der Waals surface area contributed by atoms with Gasteiger partial charge in [-0.15, -0.1) is 0 Å². The van der Waals surface area contributed by atoms with Gasteiger partial charge in [-0.3, -0.25) is 9.98 Å². The van der Waals surface area contributed by atoms with E-state index in [4.69, 9.17) is 11.6 Å². The van der Waals surface area contributed by atoms with Gasteiger partial charge in [0.05, 0.1) is 13.1 Å². The zero-order valence-corrected chi connectivity index (χ0v) is 21.0. The molecule has 174 valence electrons. The van der Waals surface area contributed by atoms with Gasteiger partial charge in [-0.25, -0.2) is 4.39 Å². The predicted octanol–water partition coefficient (Wildman–Crippen LogP) is 5.77. The van der Waals surface area contributed by atoms with Gasteiger partial charge in [-0.05, 0) is 79.0 Å². The number of benzene rings is 2. The number of halogens is 3. The number of nitrogens with one attached hydrogen (secondary N) is 2. The number of rotatable bonds is 2. The highest BCUT2D eigenvalue weighted by molar-refractivity contribution is 9.10. The van der Waals surface area contributed by atoms with Crippen molar-refractivity contribution in [2.24, 2.45) is 9.98 Å². The highest BCUT2D eigenvalue weighted by atomic mass is 79.9. The Morgan fingerprint density at radius 1 is 0.879 bits per heavy atom. The molecule has 2 aliphatic heterocycles. The van der Waals surface area contributed by atoms with E-state index in [0.717, 1.165) is 62.4 Å². The summed E-state index contributed by atoms with van der Waals surface area (Å²) >= 11 is 9.61. The molecule has 4 aliphatic rings. The molecule has 2 aliphatic carbocycles. The summed E-state index contributed by atoms with van der Waals surface area (Å²) in [6.45, 7) is 3.67. The number of amidine groups is 2. The Bertz CT molecular complexity index is 1100. The third kappa shape index (κ3) is 4.83. The zero-order valence-electron chi connectivity index (χ0n) is 18.6. The van der Waals surface area contributed by atoms with E-state index < -0.39 is 0 Å². The molecule has 0 radical (unpaired) electrons. The van der Waals surface area contributed by atoms with Crippen LogP contribution in [0.4, 0.5) is 4.39 Å². The third-order valence-corrected chi connectivity index (χ3v) is 7.96. The summed E-state index contributed by atoms with van der Waals surface area (Å²) in [7, 11) is 0. The maximum atomic E-state index is 13.8. The molecule has 0 bridgehead atoms. The lowest BCUT2D eigenvalue weighted by atomic mass is 9.82. The second kappa shape index (κ2) is 10.1. The molecular weight excluding hydrogens is 503 g/mol. The van der Waals surface area contributed by atoms with Gasteiger partial charge in [-0.2, -0.15) is 0 Å². The molecule has 2 aromatic rings. The van der Waals surface area contributed by atoms with E-state index in [2.05, 4.69) is 54.7 Å². The average Bonchev–Trinajstić information content (AvgIpc) is 3.54. The predicted molar refractivity (Wildman–Crippen MR) is 138 cm³/mol. The van der Waals surface area contributed by atoms with Crippen molar-refractivity contribution in [3.63, 3.8) is 0 Å². The minimum atomic E-state index is -0.171. The second-order valence-corrected chi connectivity index (χ2v) is 10.3. The van der Waals surface area contributed by atoms with Gasteiger partial charge in [0.1, 0.15) is 17.5 Å². The first kappa shape index (κ1) is 22.9. The normalized spacial score (nSPS) is 23.2. The molecule has 33 heavy (non-hydrogen) atoms. The summed E-state index contributed by atoms with van der Waals surface area (Å²) in [6, 6.07) is 9.84. The first-order chi connectivity index (χ1) is 16.1. The number of fused-ring (bicyclic) bond motifs is 2. The first-order valence-electron chi connectivity index (χ1n) is 11.9. The molecule has 7 heteroatoms. The summed E-state index contributed by atoms with van der Waals surface area (Å²) in [5.41, 5.74) is 4.79. The van der Waals surface area contributed by atoms with Crippen LogP contribution in [0.5, 0.6) is 0 Å². The smallest absolute Gasteiger partial charge is 0.128 e. The first-order valence-corrected chi connectivity index (χ1v) is 13.1. The largest absolute Gasteiger partial charge is 0.371 e. The van der Waals surface area contributed by atoms with Gasteiger partial charge in [0, 0.05) is 34.4 Å². The number of aliphatic imine (C=N–C) groups is 2. The quantitative estimate of drug-likeness (QED) is 0.517. The van der Waals surface area contributed by atoms with Gasteiger partial charge >= 0.3 is 0 Å². The minimum absolute atomic E-state index is 0.171. The average molecular weight is 532 g/mol. The van der Waals surface area contributed by atoms with Crippen LogP contribution in [0.25, 0.3) is 0 Å². The Hall–Kier alpha value is -1.92. The Morgan fingerprint density at radius 2 is 1.52 bits per heavy atom. The molecule has 6 rings (SSSR count). The molecule has 0 saturated heterocycles. The SMILES string of the molecule is Brc1cccc2c1CCCC2C1=NCCN1.Fc1cc(Cl)cc2c1CCCC2C1=NCCN1. The topological polar surface area (TPSA) is 48.8 Å². The van der Waals surface area contributed by atoms with Crippen molar-refractivity contribution < 1.29 is 4.39 Å². The van der Waals surface area contributed by atoms with E-state index in [9.17, 15) is 4.39 Å². The maximum Gasteiger partial charge on any atom is 0.128 e. The Morgan fingerprint density at radius 3 is 2.15 bits per heavy atom. The lowest BCUT2D eigenvalue weighted by Crippen LogP contribution is -2.28. The van der Waals surface area contributed by atoms with Crippen molar-refractivity contribution in [3.8, 4) is 0 Å². The molecule has 2 heterocycles. The fourth-order valence-corrected chi connectivity index (χ4v) is 6.30. The Labute approximate surface area is 208 Å². The van der Waals surface area contributed by atoms with E-state index in [0.29, 0.717) is 10.9 Å². The summed E-state index contributed by atoms with van der Waals surface area (Å²) in [5, 5.41) is 7.19. The van der Waals surface area contributed by atoms with Crippen molar-refractivity contribution in [1.29, 1.82) is 0 Å². The van der Waals surface area contributed by atoms with Crippen LogP contribution in [0, 0.1) is 5.82 Å². The van der Waals surface area contributed by atoms with Crippen LogP contribution in [-0.4, -0.2) is 37.9 Å². The third-order valence-electron chi connectivity index (χ3n) is 7.00. The van der Waals surface area contributed by atoms with Crippen LogP contribution >= 0.6 is 27.5 Å². The van der Waals surface area contributed by atoms with Crippen LogP contribution in [0.1, 0.15) is 59.8 Å². The van der Waals surface area contributed by atoms with Crippen molar-refractivity contribution in [2.75, 3.05) is 26.2 Å². The molecule has 2 atom stereocenters. The molecule has 2 aromatic carbocycles. The van der Waals surface area contributed by atoms with E-state index in [-0.39, 0.29) is 11.7 Å². The lowest BCUT2D eigenvalue weighted by Gasteiger charge is -2.26. The highest BCUT2D eigenvalue weighted by Crippen LogP contribution is 2.37. The summed E-state index contributed by atoms with van der Waals surface area (Å²) in [6.07, 6.45) is 6.54. The number of nitrogens with zero attached hydrogens (tertiary/aromatic N) is 2. The van der Waals surface area contributed by atoms with Crippen LogP contribution in [0.3, 0.4) is 0 Å². The van der Waals surface area contributed by atoms with Gasteiger partial charge in [0.25, 0.3) is 0 Å². The molecule has 0 spiro atoms. The van der Waals surface area contributed by atoms with Gasteiger partial charge < -0.3 is 10.6 Å². The van der Waals surface area contributed by atoms with Crippen LogP contribution in [0.15, 0.2) is 44.8 Å². The molecule has 4 nitrogen and oxygen atoms in total. The number of hydrogen-bond acceptors (Lipinski definition) is 4. The molecule has 0 aromatic heterocycles. The second-order valence-electron chi connectivity index (χ2n) is 9.04. The molecule has 0 amide bonds. The van der Waals surface area contributed by atoms with Crippen molar-refractivity contribution in [3.05, 3.63) is 67.9 Å². The highest BCUT2D eigenvalue weighted by Gasteiger charge is 2.29. The molecule has 2 unspecified atom stereocenters. The van der Waals surface area contributed by atoms with Gasteiger partial charge in [0.15, 0.2) is 0 Å². The van der Waals surface area contributed by atoms with E-state index in [1.807, 2.05) is 6.07 Å². The fourth-order valence-electron chi connectivity index (χ4n) is 5.51. The summed E-state index contributed by atoms with van der Waals surface area (Å²) in [4.78, 5) is 9.04. The van der Waals surface area contributed by atoms with E-state index in [1.165, 1.54) is 46.8 Å². The zero-order chi connectivity index (χ0) is 22.8. The monoisotopic (exact) mass is 530 g/mol. The number of hydrogen-bond donors (Lipinski definition) is 2. The van der Waals surface area contributed by atoms with Gasteiger partial charge in [0.2, 0.25) is 0 Å². The standard InChI is InChI=1S/C13H15BrN2.C13H14ClFN2/c14-12-6-2-3-9-10(12)4-1-5-11(9)13-15-7-8-16-13;14-8-6-11-9(12(15)7-8)2-1-3-10(11)13-16-4-5-17-13/h2-3,6,11H,1,4-5,7-8H2,(H,15,16);6-7,10H,1-5H2,(H,16,17). The van der Waals surface area contributed by atoms with Crippen LogP contribution in [-0.2, 0) is 12.8 Å². The molecular formula is C26H29BrClFN4.